The first kappa shape index (κ1) is 28.1. The van der Waals surface area contributed by atoms with Crippen molar-refractivity contribution in [3.63, 3.8) is 0 Å². The van der Waals surface area contributed by atoms with E-state index >= 15 is 0 Å². The highest BCUT2D eigenvalue weighted by Crippen LogP contribution is 2.40. The van der Waals surface area contributed by atoms with Crippen molar-refractivity contribution in [2.24, 2.45) is 0 Å². The van der Waals surface area contributed by atoms with Crippen LogP contribution in [0.1, 0.15) is 5.56 Å². The van der Waals surface area contributed by atoms with E-state index < -0.39 is 8.07 Å². The van der Waals surface area contributed by atoms with Crippen LogP contribution in [-0.4, -0.2) is 12.6 Å². The van der Waals surface area contributed by atoms with Gasteiger partial charge in [-0.3, -0.25) is 0 Å². The van der Waals surface area contributed by atoms with Crippen molar-refractivity contribution >= 4 is 67.0 Å². The molecule has 0 saturated heterocycles. The predicted octanol–water partition coefficient (Wildman–Crippen LogP) is 9.15. The van der Waals surface area contributed by atoms with Gasteiger partial charge in [0.25, 0.3) is 0 Å². The summed E-state index contributed by atoms with van der Waals surface area (Å²) in [5, 5.41) is 11.1. The summed E-state index contributed by atoms with van der Waals surface area (Å²) in [6.07, 6.45) is 0. The summed E-state index contributed by atoms with van der Waals surface area (Å²) in [5.74, 6) is 3.92. The van der Waals surface area contributed by atoms with Gasteiger partial charge < -0.3 is 4.57 Å². The lowest BCUT2D eigenvalue weighted by atomic mass is 9.95. The molecule has 0 spiro atoms. The minimum atomic E-state index is -2.79. The fourth-order valence-corrected chi connectivity index (χ4v) is 11.4. The molecule has 48 heavy (non-hydrogen) atoms. The number of fused-ring (bicyclic) bond motifs is 5. The van der Waals surface area contributed by atoms with Crippen molar-refractivity contribution in [1.29, 1.82) is 0 Å². The monoisotopic (exact) mass is 625 g/mol. The summed E-state index contributed by atoms with van der Waals surface area (Å²) >= 11 is 0. The summed E-state index contributed by atoms with van der Waals surface area (Å²) in [6, 6.07) is 67.9. The quantitative estimate of drug-likeness (QED) is 0.0796. The highest BCUT2D eigenvalue weighted by Gasteiger charge is 2.38. The van der Waals surface area contributed by atoms with Crippen LogP contribution in [0.15, 0.2) is 188 Å². The van der Waals surface area contributed by atoms with Crippen LogP contribution in [0.3, 0.4) is 0 Å². The fourth-order valence-electron chi connectivity index (χ4n) is 7.58. The van der Waals surface area contributed by atoms with E-state index in [0.29, 0.717) is 0 Å². The Kier molecular flexibility index (Phi) is 6.78. The van der Waals surface area contributed by atoms with Gasteiger partial charge in [0.05, 0.1) is 16.7 Å². The lowest BCUT2D eigenvalue weighted by molar-refractivity contribution is 1.21. The molecule has 1 nitrogen and oxygen atoms in total. The number of para-hydroxylation sites is 2. The first-order valence-electron chi connectivity index (χ1n) is 16.5. The Labute approximate surface area is 281 Å². The molecule has 9 aromatic rings. The van der Waals surface area contributed by atoms with Crippen LogP contribution in [0.5, 0.6) is 0 Å². The second kappa shape index (κ2) is 11.6. The number of hydrogen-bond acceptors (Lipinski definition) is 0. The van der Waals surface area contributed by atoms with E-state index in [9.17, 15) is 0 Å². The van der Waals surface area contributed by atoms with Crippen molar-refractivity contribution in [3.05, 3.63) is 194 Å². The van der Waals surface area contributed by atoms with Crippen molar-refractivity contribution < 1.29 is 0 Å². The third-order valence-corrected chi connectivity index (χ3v) is 13.8. The Bertz CT molecular complexity index is 2450. The Morgan fingerprint density at radius 1 is 0.333 bits per heavy atom. The molecule has 0 aliphatic carbocycles. The number of aromatic nitrogens is 1. The van der Waals surface area contributed by atoms with Gasteiger partial charge in [-0.15, -0.1) is 5.54 Å². The second-order valence-electron chi connectivity index (χ2n) is 12.3. The van der Waals surface area contributed by atoms with Gasteiger partial charge in [0.2, 0.25) is 8.07 Å². The molecule has 1 aromatic heterocycles. The van der Waals surface area contributed by atoms with Gasteiger partial charge in [0.15, 0.2) is 0 Å². The Balaban J connectivity index is 1.41. The molecule has 0 atom stereocenters. The lowest BCUT2D eigenvalue weighted by Crippen LogP contribution is -2.66. The molecule has 0 unspecified atom stereocenters. The zero-order valence-corrected chi connectivity index (χ0v) is 27.3. The number of hydrogen-bond donors (Lipinski definition) is 0. The standard InChI is InChI=1S/C46H31NSi/c1-4-18-34(19-5-1)48(35-20-6-2-7-21-35,36-22-8-3-9-23-36)33-32-39-37-24-10-12-28-42(37)46(43-29-13-11-25-38(39)43)47-44-30-16-14-26-40(44)41-27-15-17-31-45(41)47/h1-31H. The van der Waals surface area contributed by atoms with Gasteiger partial charge in [-0.25, -0.2) is 0 Å². The molecule has 0 aliphatic heterocycles. The number of benzene rings is 8. The normalized spacial score (nSPS) is 11.6. The Morgan fingerprint density at radius 3 is 1.08 bits per heavy atom. The van der Waals surface area contributed by atoms with Crippen LogP contribution < -0.4 is 15.6 Å². The lowest BCUT2D eigenvalue weighted by Gasteiger charge is -2.28. The number of nitrogens with zero attached hydrogens (tertiary/aromatic N) is 1. The highest BCUT2D eigenvalue weighted by atomic mass is 28.3. The summed E-state index contributed by atoms with van der Waals surface area (Å²) in [5.41, 5.74) is 8.76. The summed E-state index contributed by atoms with van der Waals surface area (Å²) in [7, 11) is -2.79. The molecule has 2 heteroatoms. The molecule has 0 aliphatic rings. The van der Waals surface area contributed by atoms with Crippen LogP contribution in [0.25, 0.3) is 49.0 Å². The molecule has 0 fully saturated rings. The largest absolute Gasteiger partial charge is 0.308 e. The number of rotatable bonds is 4. The first-order valence-corrected chi connectivity index (χ1v) is 18.5. The molecule has 1 heterocycles. The SMILES string of the molecule is C(#C[Si](c1ccccc1)(c1ccccc1)c1ccccc1)c1c2ccccc2c(-n2c3ccccc3c3ccccc32)c2ccccc12. The molecule has 9 rings (SSSR count). The van der Waals surface area contributed by atoms with Crippen molar-refractivity contribution in [2.45, 2.75) is 0 Å². The van der Waals surface area contributed by atoms with Crippen LogP contribution in [0.2, 0.25) is 0 Å². The molecule has 0 bridgehead atoms. The average molecular weight is 626 g/mol. The third-order valence-electron chi connectivity index (χ3n) is 9.70. The molecule has 224 valence electrons. The summed E-state index contributed by atoms with van der Waals surface area (Å²) in [6.45, 7) is 0. The van der Waals surface area contributed by atoms with Gasteiger partial charge in [-0.2, -0.15) is 0 Å². The Hall–Kier alpha value is -6.14. The molecule has 0 saturated carbocycles. The highest BCUT2D eigenvalue weighted by molar-refractivity contribution is 7.16. The Morgan fingerprint density at radius 2 is 0.667 bits per heavy atom. The van der Waals surface area contributed by atoms with Crippen LogP contribution in [0, 0.1) is 11.5 Å². The van der Waals surface area contributed by atoms with Crippen LogP contribution in [-0.2, 0) is 0 Å². The topological polar surface area (TPSA) is 4.93 Å². The van der Waals surface area contributed by atoms with E-state index in [1.165, 1.54) is 53.8 Å². The predicted molar refractivity (Wildman–Crippen MR) is 207 cm³/mol. The van der Waals surface area contributed by atoms with Crippen molar-refractivity contribution in [3.8, 4) is 17.2 Å². The molecule has 0 amide bonds. The van der Waals surface area contributed by atoms with Crippen LogP contribution in [0.4, 0.5) is 0 Å². The molecular formula is C46H31NSi. The van der Waals surface area contributed by atoms with E-state index in [4.69, 9.17) is 0 Å². The third kappa shape index (κ3) is 4.33. The first-order chi connectivity index (χ1) is 23.8. The van der Waals surface area contributed by atoms with E-state index in [2.05, 4.69) is 204 Å². The average Bonchev–Trinajstić information content (AvgIpc) is 3.50. The minimum absolute atomic E-state index is 1.07. The van der Waals surface area contributed by atoms with E-state index in [0.717, 1.165) is 16.3 Å². The fraction of sp³-hybridized carbons (Fsp3) is 0. The van der Waals surface area contributed by atoms with Gasteiger partial charge in [0.1, 0.15) is 0 Å². The van der Waals surface area contributed by atoms with Gasteiger partial charge in [-0.1, -0.05) is 182 Å². The zero-order valence-electron chi connectivity index (χ0n) is 26.3. The molecule has 0 radical (unpaired) electrons. The maximum atomic E-state index is 4.08. The smallest absolute Gasteiger partial charge is 0.230 e. The van der Waals surface area contributed by atoms with Crippen molar-refractivity contribution in [1.82, 2.24) is 4.57 Å². The maximum Gasteiger partial charge on any atom is 0.230 e. The minimum Gasteiger partial charge on any atom is -0.308 e. The van der Waals surface area contributed by atoms with Gasteiger partial charge in [0, 0.05) is 37.9 Å². The van der Waals surface area contributed by atoms with Crippen molar-refractivity contribution in [2.75, 3.05) is 0 Å². The van der Waals surface area contributed by atoms with E-state index in [1.807, 2.05) is 0 Å². The van der Waals surface area contributed by atoms with Gasteiger partial charge >= 0.3 is 0 Å². The summed E-state index contributed by atoms with van der Waals surface area (Å²) < 4.78 is 2.46. The second-order valence-corrected chi connectivity index (χ2v) is 15.8. The van der Waals surface area contributed by atoms with E-state index in [-0.39, 0.29) is 0 Å². The molecule has 0 N–H and O–H groups in total. The van der Waals surface area contributed by atoms with Gasteiger partial charge in [-0.05, 0) is 27.7 Å². The van der Waals surface area contributed by atoms with Crippen LogP contribution >= 0.6 is 0 Å². The summed E-state index contributed by atoms with van der Waals surface area (Å²) in [4.78, 5) is 0. The molecular weight excluding hydrogens is 595 g/mol. The maximum absolute atomic E-state index is 4.08. The molecule has 8 aromatic carbocycles. The zero-order chi connectivity index (χ0) is 31.9. The van der Waals surface area contributed by atoms with E-state index in [1.54, 1.807) is 0 Å².